The lowest BCUT2D eigenvalue weighted by molar-refractivity contribution is -0.0352. The van der Waals surface area contributed by atoms with Gasteiger partial charge in [-0.05, 0) is 77.9 Å². The topological polar surface area (TPSA) is 153 Å². The first-order valence-corrected chi connectivity index (χ1v) is 16.7. The van der Waals surface area contributed by atoms with E-state index >= 15 is 0 Å². The van der Waals surface area contributed by atoms with Crippen LogP contribution in [-0.4, -0.2) is 92.6 Å². The monoisotopic (exact) mass is 686 g/mol. The Labute approximate surface area is 290 Å². The number of aromatic nitrogens is 4. The van der Waals surface area contributed by atoms with E-state index in [4.69, 9.17) is 28.4 Å². The Morgan fingerprint density at radius 1 is 0.680 bits per heavy atom. The number of morpholine rings is 2. The second kappa shape index (κ2) is 13.0. The van der Waals surface area contributed by atoms with Gasteiger partial charge in [0.2, 0.25) is 0 Å². The lowest BCUT2D eigenvalue weighted by atomic mass is 10.1. The van der Waals surface area contributed by atoms with Gasteiger partial charge in [-0.1, -0.05) is 0 Å². The molecule has 2 N–H and O–H groups in total. The van der Waals surface area contributed by atoms with Gasteiger partial charge in [-0.25, -0.2) is 19.6 Å². The molecule has 5 heterocycles. The van der Waals surface area contributed by atoms with Crippen LogP contribution in [0.3, 0.4) is 0 Å². The Kier molecular flexibility index (Phi) is 8.68. The molecule has 0 unspecified atom stereocenters. The van der Waals surface area contributed by atoms with Crippen molar-refractivity contribution in [1.29, 1.82) is 0 Å². The summed E-state index contributed by atoms with van der Waals surface area (Å²) in [5, 5.41) is 0. The Hall–Kier alpha value is -5.08. The molecule has 14 heteroatoms. The maximum absolute atomic E-state index is 12.9. The summed E-state index contributed by atoms with van der Waals surface area (Å²) >= 11 is 0. The van der Waals surface area contributed by atoms with Gasteiger partial charge >= 0.3 is 12.2 Å². The van der Waals surface area contributed by atoms with E-state index in [1.807, 2.05) is 77.9 Å². The molecule has 14 nitrogen and oxygen atoms in total. The summed E-state index contributed by atoms with van der Waals surface area (Å²) in [5.74, 6) is 3.44. The van der Waals surface area contributed by atoms with Crippen LogP contribution in [0.15, 0.2) is 48.8 Å². The third-order valence-electron chi connectivity index (χ3n) is 8.28. The highest BCUT2D eigenvalue weighted by Crippen LogP contribution is 2.47. The molecular formula is C36H42N6O8. The normalized spacial score (nSPS) is 19.2. The third-order valence-corrected chi connectivity index (χ3v) is 8.28. The number of ether oxygens (including phenoxy) is 6. The highest BCUT2D eigenvalue weighted by Gasteiger charge is 2.35. The number of aromatic amines is 2. The summed E-state index contributed by atoms with van der Waals surface area (Å²) in [5.41, 5.74) is 1.96. The minimum absolute atomic E-state index is 0.311. The number of amides is 2. The molecule has 0 radical (unpaired) electrons. The maximum atomic E-state index is 12.9. The highest BCUT2D eigenvalue weighted by atomic mass is 16.6. The largest absolute Gasteiger partial charge is 0.449 e. The minimum Gasteiger partial charge on any atom is -0.449 e. The fourth-order valence-electron chi connectivity index (χ4n) is 5.96. The van der Waals surface area contributed by atoms with E-state index in [-0.39, 0.29) is 0 Å². The number of rotatable bonds is 4. The van der Waals surface area contributed by atoms with Gasteiger partial charge in [0.05, 0.1) is 50.2 Å². The summed E-state index contributed by atoms with van der Waals surface area (Å²) < 4.78 is 35.2. The van der Waals surface area contributed by atoms with Gasteiger partial charge in [-0.3, -0.25) is 9.80 Å². The van der Waals surface area contributed by atoms with Crippen molar-refractivity contribution in [2.45, 2.75) is 64.8 Å². The van der Waals surface area contributed by atoms with Gasteiger partial charge in [0.15, 0.2) is 23.0 Å². The van der Waals surface area contributed by atoms with Crippen LogP contribution in [-0.2, 0) is 18.9 Å². The van der Waals surface area contributed by atoms with Crippen molar-refractivity contribution in [3.8, 4) is 45.5 Å². The first kappa shape index (κ1) is 33.4. The number of nitrogens with one attached hydrogen (secondary N) is 2. The number of fused-ring (bicyclic) bond motifs is 2. The number of hydrogen-bond donors (Lipinski definition) is 2. The third kappa shape index (κ3) is 7.12. The molecule has 2 atom stereocenters. The lowest BCUT2D eigenvalue weighted by Gasteiger charge is -2.35. The fraction of sp³-hybridized carbons (Fsp3) is 0.444. The van der Waals surface area contributed by atoms with Crippen molar-refractivity contribution in [3.05, 3.63) is 60.4 Å². The molecule has 4 aromatic rings. The number of nitrogens with zero attached hydrogens (tertiary/aromatic N) is 4. The summed E-state index contributed by atoms with van der Waals surface area (Å²) in [6.45, 7) is 13.4. The van der Waals surface area contributed by atoms with Gasteiger partial charge < -0.3 is 38.4 Å². The molecule has 2 fully saturated rings. The molecule has 2 saturated heterocycles. The van der Waals surface area contributed by atoms with E-state index in [0.29, 0.717) is 74.2 Å². The van der Waals surface area contributed by atoms with Crippen LogP contribution in [0.2, 0.25) is 0 Å². The van der Waals surface area contributed by atoms with E-state index < -0.39 is 35.5 Å². The van der Waals surface area contributed by atoms with Crippen LogP contribution >= 0.6 is 0 Å². The zero-order valence-electron chi connectivity index (χ0n) is 29.1. The van der Waals surface area contributed by atoms with Crippen molar-refractivity contribution in [1.82, 2.24) is 29.7 Å². The molecule has 0 bridgehead atoms. The van der Waals surface area contributed by atoms with Crippen LogP contribution in [0.25, 0.3) is 22.5 Å². The molecule has 3 aliphatic heterocycles. The first-order valence-electron chi connectivity index (χ1n) is 16.7. The Bertz CT molecular complexity index is 1750. The highest BCUT2D eigenvalue weighted by molar-refractivity contribution is 5.71. The Morgan fingerprint density at radius 3 is 1.50 bits per heavy atom. The molecule has 2 aromatic heterocycles. The first-order chi connectivity index (χ1) is 23.8. The van der Waals surface area contributed by atoms with Gasteiger partial charge in [0.1, 0.15) is 34.9 Å². The number of benzene rings is 2. The number of carbonyl (C=O) groups is 2. The summed E-state index contributed by atoms with van der Waals surface area (Å²) in [4.78, 5) is 45.1. The van der Waals surface area contributed by atoms with Crippen LogP contribution in [0.1, 0.15) is 65.3 Å². The molecule has 7 rings (SSSR count). The van der Waals surface area contributed by atoms with Crippen LogP contribution in [0.4, 0.5) is 9.59 Å². The van der Waals surface area contributed by atoms with Crippen molar-refractivity contribution in [2.75, 3.05) is 39.5 Å². The minimum atomic E-state index is -0.611. The molecule has 50 heavy (non-hydrogen) atoms. The molecule has 0 aliphatic carbocycles. The summed E-state index contributed by atoms with van der Waals surface area (Å²) in [7, 11) is 0. The number of hydrogen-bond acceptors (Lipinski definition) is 10. The van der Waals surface area contributed by atoms with Gasteiger partial charge in [-0.15, -0.1) is 0 Å². The van der Waals surface area contributed by atoms with Crippen molar-refractivity contribution >= 4 is 12.2 Å². The standard InChI is InChI=1S/C36H42N6O8/c1-35(2,3)49-33(43)41-11-13-45-19-25(41)31-37-17-23(39-31)21-7-9-27-29(15-21)47-28-10-8-22(16-30(28)48-27)24-18-38-32(40-24)26-20-46-14-12-42(26)34(44)50-36(4,5)6/h7-10,15-18,25-26H,11-14,19-20H2,1-6H3,(H,37,39)(H,38,40)/t25-,26-/m0/s1. The average molecular weight is 687 g/mol. The molecule has 2 amide bonds. The van der Waals surface area contributed by atoms with E-state index in [9.17, 15) is 9.59 Å². The summed E-state index contributed by atoms with van der Waals surface area (Å²) in [6.07, 6.45) is 2.66. The van der Waals surface area contributed by atoms with E-state index in [1.54, 1.807) is 22.2 Å². The van der Waals surface area contributed by atoms with Crippen molar-refractivity contribution in [3.63, 3.8) is 0 Å². The molecular weight excluding hydrogens is 644 g/mol. The zero-order valence-corrected chi connectivity index (χ0v) is 29.1. The quantitative estimate of drug-likeness (QED) is 0.202. The van der Waals surface area contributed by atoms with Crippen molar-refractivity contribution in [2.24, 2.45) is 0 Å². The van der Waals surface area contributed by atoms with Crippen LogP contribution in [0.5, 0.6) is 23.0 Å². The second-order valence-corrected chi connectivity index (χ2v) is 14.4. The van der Waals surface area contributed by atoms with Gasteiger partial charge in [0.25, 0.3) is 0 Å². The van der Waals surface area contributed by atoms with E-state index in [2.05, 4.69) is 19.9 Å². The smallest absolute Gasteiger partial charge is 0.411 e. The zero-order chi connectivity index (χ0) is 35.2. The predicted octanol–water partition coefficient (Wildman–Crippen LogP) is 6.98. The predicted molar refractivity (Wildman–Crippen MR) is 181 cm³/mol. The molecule has 264 valence electrons. The van der Waals surface area contributed by atoms with E-state index in [1.165, 1.54) is 0 Å². The molecule has 3 aliphatic rings. The number of carbonyl (C=O) groups excluding carboxylic acids is 2. The Morgan fingerprint density at radius 2 is 1.10 bits per heavy atom. The molecule has 0 spiro atoms. The fourth-order valence-corrected chi connectivity index (χ4v) is 5.96. The molecule has 2 aromatic carbocycles. The van der Waals surface area contributed by atoms with Crippen LogP contribution < -0.4 is 9.47 Å². The van der Waals surface area contributed by atoms with Gasteiger partial charge in [0, 0.05) is 24.2 Å². The van der Waals surface area contributed by atoms with E-state index in [0.717, 1.165) is 22.5 Å². The average Bonchev–Trinajstić information content (AvgIpc) is 3.77. The number of imidazole rings is 2. The SMILES string of the molecule is CC(C)(C)OC(=O)N1CCOC[C@H]1c1ncc(-c2ccc3c(c2)Oc2ccc(-c4cnc([C@@H]5COCCN5C(=O)OC(C)(C)C)[nH]4)cc2O3)[nH]1. The maximum Gasteiger partial charge on any atom is 0.411 e. The van der Waals surface area contributed by atoms with Crippen molar-refractivity contribution < 1.29 is 38.0 Å². The summed E-state index contributed by atoms with van der Waals surface area (Å²) in [6, 6.07) is 10.5. The molecule has 0 saturated carbocycles. The Balaban J connectivity index is 1.06. The van der Waals surface area contributed by atoms with Crippen LogP contribution in [0, 0.1) is 0 Å². The number of H-pyrrole nitrogens is 2. The lowest BCUT2D eigenvalue weighted by Crippen LogP contribution is -2.46. The van der Waals surface area contributed by atoms with Gasteiger partial charge in [-0.2, -0.15) is 0 Å². The second-order valence-electron chi connectivity index (χ2n) is 14.4.